The highest BCUT2D eigenvalue weighted by Crippen LogP contribution is 2.45. The van der Waals surface area contributed by atoms with Crippen LogP contribution in [0.3, 0.4) is 0 Å². The molecule has 2 aromatic rings. The third-order valence-corrected chi connectivity index (χ3v) is 3.96. The summed E-state index contributed by atoms with van der Waals surface area (Å²) in [6.07, 6.45) is 4.19. The molecule has 0 spiro atoms. The summed E-state index contributed by atoms with van der Waals surface area (Å²) in [5.74, 6) is 0.521. The van der Waals surface area contributed by atoms with Crippen LogP contribution in [0.15, 0.2) is 30.5 Å². The number of carboxylic acid groups (broad SMARTS) is 1. The number of fused-ring (bicyclic) bond motifs is 1. The molecule has 20 heavy (non-hydrogen) atoms. The average molecular weight is 271 g/mol. The molecule has 0 aliphatic heterocycles. The van der Waals surface area contributed by atoms with E-state index in [9.17, 15) is 4.79 Å². The first-order chi connectivity index (χ1) is 9.69. The van der Waals surface area contributed by atoms with Gasteiger partial charge in [0.15, 0.2) is 0 Å². The van der Waals surface area contributed by atoms with Crippen molar-refractivity contribution in [3.8, 4) is 5.88 Å². The van der Waals surface area contributed by atoms with Gasteiger partial charge in [-0.1, -0.05) is 12.1 Å². The van der Waals surface area contributed by atoms with E-state index in [1.165, 1.54) is 0 Å². The van der Waals surface area contributed by atoms with E-state index in [4.69, 9.17) is 9.84 Å². The Balaban J connectivity index is 2.01. The first-order valence-corrected chi connectivity index (χ1v) is 6.83. The minimum absolute atomic E-state index is 0.121. The Morgan fingerprint density at radius 1 is 1.45 bits per heavy atom. The van der Waals surface area contributed by atoms with E-state index in [0.717, 1.165) is 29.2 Å². The Bertz CT molecular complexity index is 649. The molecule has 0 amide bonds. The van der Waals surface area contributed by atoms with Crippen LogP contribution in [-0.4, -0.2) is 23.2 Å². The van der Waals surface area contributed by atoms with Crippen molar-refractivity contribution in [1.29, 1.82) is 0 Å². The van der Waals surface area contributed by atoms with Crippen molar-refractivity contribution in [2.45, 2.75) is 25.2 Å². The predicted octanol–water partition coefficient (Wildman–Crippen LogP) is 3.21. The summed E-state index contributed by atoms with van der Waals surface area (Å²) in [5.41, 5.74) is 1.11. The minimum Gasteiger partial charge on any atom is -0.481 e. The molecule has 1 saturated carbocycles. The van der Waals surface area contributed by atoms with Crippen molar-refractivity contribution in [3.63, 3.8) is 0 Å². The number of nitrogens with zero attached hydrogens (tertiary/aromatic N) is 1. The quantitative estimate of drug-likeness (QED) is 0.907. The number of ether oxygens (including phenoxy) is 1. The predicted molar refractivity (Wildman–Crippen MR) is 76.0 cm³/mol. The van der Waals surface area contributed by atoms with Crippen LogP contribution < -0.4 is 4.74 Å². The molecule has 3 rings (SSSR count). The molecule has 1 aromatic carbocycles. The number of aromatic nitrogens is 1. The smallest absolute Gasteiger partial charge is 0.303 e. The number of rotatable bonds is 5. The van der Waals surface area contributed by atoms with E-state index in [0.29, 0.717) is 11.8 Å². The lowest BCUT2D eigenvalue weighted by Crippen LogP contribution is -2.08. The number of hydrogen-bond donors (Lipinski definition) is 1. The summed E-state index contributed by atoms with van der Waals surface area (Å²) in [6.45, 7) is 0. The van der Waals surface area contributed by atoms with E-state index in [2.05, 4.69) is 11.1 Å². The second kappa shape index (κ2) is 5.12. The zero-order valence-electron chi connectivity index (χ0n) is 11.4. The molecular formula is C16H17NO3. The Hall–Kier alpha value is -2.10. The largest absolute Gasteiger partial charge is 0.481 e. The molecule has 104 valence electrons. The summed E-state index contributed by atoms with van der Waals surface area (Å²) in [5, 5.41) is 11.1. The molecule has 0 bridgehead atoms. The molecule has 4 nitrogen and oxygen atoms in total. The lowest BCUT2D eigenvalue weighted by Gasteiger charge is -2.15. The number of hydrogen-bond acceptors (Lipinski definition) is 3. The Labute approximate surface area is 117 Å². The van der Waals surface area contributed by atoms with Gasteiger partial charge in [-0.25, -0.2) is 4.98 Å². The van der Waals surface area contributed by atoms with Crippen molar-refractivity contribution in [2.24, 2.45) is 5.92 Å². The second-order valence-electron chi connectivity index (χ2n) is 5.34. The Morgan fingerprint density at radius 3 is 2.90 bits per heavy atom. The van der Waals surface area contributed by atoms with E-state index in [1.54, 1.807) is 13.3 Å². The van der Waals surface area contributed by atoms with Crippen LogP contribution in [0.4, 0.5) is 0 Å². The number of aliphatic carboxylic acids is 1. The summed E-state index contributed by atoms with van der Waals surface area (Å²) in [7, 11) is 1.60. The van der Waals surface area contributed by atoms with Gasteiger partial charge in [0, 0.05) is 11.6 Å². The molecule has 1 fully saturated rings. The maximum Gasteiger partial charge on any atom is 0.303 e. The average Bonchev–Trinajstić information content (AvgIpc) is 3.27. The fourth-order valence-corrected chi connectivity index (χ4v) is 2.81. The highest BCUT2D eigenvalue weighted by molar-refractivity contribution is 5.87. The minimum atomic E-state index is -0.727. The molecule has 1 aliphatic carbocycles. The molecule has 1 heterocycles. The van der Waals surface area contributed by atoms with Gasteiger partial charge in [-0.3, -0.25) is 4.79 Å². The van der Waals surface area contributed by atoms with Crippen LogP contribution in [0.1, 0.15) is 30.7 Å². The van der Waals surface area contributed by atoms with E-state index < -0.39 is 5.97 Å². The molecular weight excluding hydrogens is 254 g/mol. The number of pyridine rings is 1. The molecule has 0 radical (unpaired) electrons. The second-order valence-corrected chi connectivity index (χ2v) is 5.34. The number of carbonyl (C=O) groups is 1. The van der Waals surface area contributed by atoms with Gasteiger partial charge in [0.25, 0.3) is 0 Å². The number of benzene rings is 1. The van der Waals surface area contributed by atoms with E-state index in [-0.39, 0.29) is 12.3 Å². The van der Waals surface area contributed by atoms with Gasteiger partial charge in [0.05, 0.1) is 13.5 Å². The SMILES string of the molecule is COc1nccc2cc(C(CC(=O)O)C3CC3)ccc12. The molecule has 1 unspecified atom stereocenters. The summed E-state index contributed by atoms with van der Waals surface area (Å²) < 4.78 is 5.25. The maximum absolute atomic E-state index is 11.0. The van der Waals surface area contributed by atoms with Crippen molar-refractivity contribution in [2.75, 3.05) is 7.11 Å². The van der Waals surface area contributed by atoms with Gasteiger partial charge in [0.1, 0.15) is 0 Å². The lowest BCUT2D eigenvalue weighted by atomic mass is 9.90. The molecule has 1 N–H and O–H groups in total. The zero-order valence-corrected chi connectivity index (χ0v) is 11.4. The number of carboxylic acids is 1. The van der Waals surface area contributed by atoms with Gasteiger partial charge in [-0.2, -0.15) is 0 Å². The maximum atomic E-state index is 11.0. The van der Waals surface area contributed by atoms with Crippen LogP contribution in [-0.2, 0) is 4.79 Å². The van der Waals surface area contributed by atoms with Crippen LogP contribution in [0.5, 0.6) is 5.88 Å². The van der Waals surface area contributed by atoms with Crippen LogP contribution in [0.2, 0.25) is 0 Å². The fourth-order valence-electron chi connectivity index (χ4n) is 2.81. The van der Waals surface area contributed by atoms with Crippen molar-refractivity contribution in [1.82, 2.24) is 4.98 Å². The lowest BCUT2D eigenvalue weighted by molar-refractivity contribution is -0.137. The highest BCUT2D eigenvalue weighted by atomic mass is 16.5. The van der Waals surface area contributed by atoms with Crippen LogP contribution in [0, 0.1) is 5.92 Å². The van der Waals surface area contributed by atoms with Gasteiger partial charge >= 0.3 is 5.97 Å². The third-order valence-electron chi connectivity index (χ3n) is 3.96. The van der Waals surface area contributed by atoms with E-state index >= 15 is 0 Å². The summed E-state index contributed by atoms with van der Waals surface area (Å²) in [4.78, 5) is 15.2. The molecule has 0 saturated heterocycles. The van der Waals surface area contributed by atoms with Crippen molar-refractivity contribution < 1.29 is 14.6 Å². The number of methoxy groups -OCH3 is 1. The standard InChI is InChI=1S/C16H17NO3/c1-20-16-13-5-4-11(8-12(13)6-7-17-16)14(9-15(18)19)10-2-3-10/h4-8,10,14H,2-3,9H2,1H3,(H,18,19). The topological polar surface area (TPSA) is 59.4 Å². The Morgan fingerprint density at radius 2 is 2.25 bits per heavy atom. The van der Waals surface area contributed by atoms with Gasteiger partial charge in [-0.15, -0.1) is 0 Å². The molecule has 4 heteroatoms. The van der Waals surface area contributed by atoms with Gasteiger partial charge in [-0.05, 0) is 47.8 Å². The summed E-state index contributed by atoms with van der Waals surface area (Å²) in [6, 6.07) is 8.00. The normalized spacial score (nSPS) is 16.1. The van der Waals surface area contributed by atoms with E-state index in [1.807, 2.05) is 18.2 Å². The van der Waals surface area contributed by atoms with Gasteiger partial charge < -0.3 is 9.84 Å². The van der Waals surface area contributed by atoms with Crippen molar-refractivity contribution in [3.05, 3.63) is 36.0 Å². The monoisotopic (exact) mass is 271 g/mol. The Kier molecular flexibility index (Phi) is 3.30. The first kappa shape index (κ1) is 12.9. The van der Waals surface area contributed by atoms with Crippen LogP contribution >= 0.6 is 0 Å². The molecule has 1 atom stereocenters. The molecule has 1 aliphatic rings. The summed E-state index contributed by atoms with van der Waals surface area (Å²) >= 11 is 0. The van der Waals surface area contributed by atoms with Crippen LogP contribution in [0.25, 0.3) is 10.8 Å². The van der Waals surface area contributed by atoms with Gasteiger partial charge in [0.2, 0.25) is 5.88 Å². The zero-order chi connectivity index (χ0) is 14.1. The molecule has 1 aromatic heterocycles. The highest BCUT2D eigenvalue weighted by Gasteiger charge is 2.33. The van der Waals surface area contributed by atoms with Crippen molar-refractivity contribution >= 4 is 16.7 Å². The fraction of sp³-hybridized carbons (Fsp3) is 0.375. The first-order valence-electron chi connectivity index (χ1n) is 6.83. The third kappa shape index (κ3) is 2.46.